The Bertz CT molecular complexity index is 1430. The average molecular weight is 499 g/mol. The predicted molar refractivity (Wildman–Crippen MR) is 99.9 cm³/mol. The monoisotopic (exact) mass is 499 g/mol. The molecule has 1 amide bonds. The fourth-order valence-electron chi connectivity index (χ4n) is 2.95. The average Bonchev–Trinajstić information content (AvgIpc) is 3.01. The van der Waals surface area contributed by atoms with E-state index in [9.17, 15) is 40.8 Å². The van der Waals surface area contributed by atoms with Gasteiger partial charge in [0.2, 0.25) is 0 Å². The van der Waals surface area contributed by atoms with Gasteiger partial charge in [0.25, 0.3) is 11.6 Å². The second kappa shape index (κ2) is 10.3. The maximum atomic E-state index is 12.5. The third-order valence-electron chi connectivity index (χ3n) is 4.17. The topological polar surface area (TPSA) is 192 Å². The molecule has 1 heterocycles. The summed E-state index contributed by atoms with van der Waals surface area (Å²) in [6.07, 6.45) is 1.06. The van der Waals surface area contributed by atoms with Gasteiger partial charge < -0.3 is 19.0 Å². The molecule has 0 fully saturated rings. The Balaban J connectivity index is 0.00000256. The molecule has 0 bridgehead atoms. The Labute approximate surface area is 226 Å². The van der Waals surface area contributed by atoms with Crippen molar-refractivity contribution in [3.8, 4) is 0 Å². The largest absolute Gasteiger partial charge is 1.00 e. The number of fused-ring (bicyclic) bond motifs is 1. The molecule has 0 aliphatic heterocycles. The number of hydrogen-bond acceptors (Lipinski definition) is 9. The zero-order chi connectivity index (χ0) is 22.4. The summed E-state index contributed by atoms with van der Waals surface area (Å²) in [6.45, 7) is 0. The van der Waals surface area contributed by atoms with Gasteiger partial charge in [-0.1, -0.05) is 18.2 Å². The number of carbonyl (C=O) groups excluding carboxylic acids is 1. The van der Waals surface area contributed by atoms with Crippen LogP contribution in [0.1, 0.15) is 10.5 Å². The Hall–Kier alpha value is -1.33. The van der Waals surface area contributed by atoms with E-state index in [1.54, 1.807) is 0 Å². The smallest absolute Gasteiger partial charge is 0.744 e. The normalized spacial score (nSPS) is 11.3. The van der Waals surface area contributed by atoms with Gasteiger partial charge in [0.15, 0.2) is 0 Å². The van der Waals surface area contributed by atoms with Crippen molar-refractivity contribution in [2.45, 2.75) is 9.79 Å². The standard InChI is InChI=1S/C16H13N3O9S2.2Na/c1-18-8-9(19(21)22)7-13(18)16(20)17-12-6-5-10-11(15(12)30(26,27)28)3-2-4-14(10)29(23,24)25;;/h2-8H,1H3,(H,17,20)(H,23,24,25)(H,26,27,28);;/q;2*+1/p-2. The molecule has 32 heavy (non-hydrogen) atoms. The zero-order valence-corrected chi connectivity index (χ0v) is 22.6. The van der Waals surface area contributed by atoms with E-state index in [1.807, 2.05) is 0 Å². The molecular weight excluding hydrogens is 488 g/mol. The Morgan fingerprint density at radius 2 is 1.62 bits per heavy atom. The fourth-order valence-corrected chi connectivity index (χ4v) is 4.47. The number of nitro groups is 1. The molecule has 3 rings (SSSR count). The number of aryl methyl sites for hydroxylation is 1. The Morgan fingerprint density at radius 1 is 1.00 bits per heavy atom. The van der Waals surface area contributed by atoms with E-state index in [4.69, 9.17) is 0 Å². The number of rotatable bonds is 5. The number of carbonyl (C=O) groups is 1. The first-order valence-corrected chi connectivity index (χ1v) is 10.7. The van der Waals surface area contributed by atoms with Crippen LogP contribution in [0.25, 0.3) is 10.8 Å². The van der Waals surface area contributed by atoms with Crippen molar-refractivity contribution >= 4 is 48.3 Å². The molecule has 0 aliphatic rings. The summed E-state index contributed by atoms with van der Waals surface area (Å²) < 4.78 is 71.1. The third kappa shape index (κ3) is 5.77. The van der Waals surface area contributed by atoms with Gasteiger partial charge >= 0.3 is 59.1 Å². The van der Waals surface area contributed by atoms with Gasteiger partial charge in [0, 0.05) is 23.9 Å². The minimum atomic E-state index is -5.25. The quantitative estimate of drug-likeness (QED) is 0.155. The molecule has 1 aromatic heterocycles. The van der Waals surface area contributed by atoms with Crippen LogP contribution in [0.3, 0.4) is 0 Å². The van der Waals surface area contributed by atoms with Crippen LogP contribution in [-0.2, 0) is 27.3 Å². The molecule has 158 valence electrons. The maximum Gasteiger partial charge on any atom is 1.00 e. The molecular formula is C16H11N3Na2O9S2. The van der Waals surface area contributed by atoms with E-state index in [0.717, 1.165) is 47.2 Å². The van der Waals surface area contributed by atoms with Crippen LogP contribution in [0.5, 0.6) is 0 Å². The van der Waals surface area contributed by atoms with Crippen LogP contribution < -0.4 is 64.4 Å². The third-order valence-corrected chi connectivity index (χ3v) is 6.01. The van der Waals surface area contributed by atoms with Gasteiger partial charge in [-0.05, 0) is 12.1 Å². The molecule has 16 heteroatoms. The maximum absolute atomic E-state index is 12.5. The molecule has 0 radical (unpaired) electrons. The summed E-state index contributed by atoms with van der Waals surface area (Å²) in [5, 5.41) is 12.4. The number of aromatic nitrogens is 1. The van der Waals surface area contributed by atoms with Crippen LogP contribution in [-0.4, -0.2) is 41.3 Å². The van der Waals surface area contributed by atoms with E-state index in [-0.39, 0.29) is 81.3 Å². The Kier molecular flexibility index (Phi) is 9.23. The number of benzene rings is 2. The fraction of sp³-hybridized carbons (Fsp3) is 0.0625. The van der Waals surface area contributed by atoms with Gasteiger partial charge in [0.05, 0.1) is 26.6 Å². The van der Waals surface area contributed by atoms with Crippen molar-refractivity contribution in [3.05, 3.63) is 58.4 Å². The number of nitrogens with zero attached hydrogens (tertiary/aromatic N) is 2. The first-order chi connectivity index (χ1) is 13.8. The van der Waals surface area contributed by atoms with Crippen molar-refractivity contribution in [1.82, 2.24) is 4.57 Å². The first kappa shape index (κ1) is 28.7. The van der Waals surface area contributed by atoms with E-state index < -0.39 is 46.5 Å². The number of anilines is 1. The minimum absolute atomic E-state index is 0. The summed E-state index contributed by atoms with van der Waals surface area (Å²) in [6, 6.07) is 6.11. The molecule has 0 unspecified atom stereocenters. The second-order valence-electron chi connectivity index (χ2n) is 6.11. The number of nitrogens with one attached hydrogen (secondary N) is 1. The van der Waals surface area contributed by atoms with Gasteiger partial charge in [-0.15, -0.1) is 0 Å². The van der Waals surface area contributed by atoms with Crippen LogP contribution in [0.2, 0.25) is 0 Å². The van der Waals surface area contributed by atoms with Crippen molar-refractivity contribution in [1.29, 1.82) is 0 Å². The molecule has 2 aromatic carbocycles. The van der Waals surface area contributed by atoms with Gasteiger partial charge in [-0.25, -0.2) is 16.8 Å². The molecule has 0 aliphatic carbocycles. The summed E-state index contributed by atoms with van der Waals surface area (Å²) in [5.74, 6) is -0.956. The summed E-state index contributed by atoms with van der Waals surface area (Å²) >= 11 is 0. The van der Waals surface area contributed by atoms with Crippen LogP contribution in [0.4, 0.5) is 11.4 Å². The molecule has 0 atom stereocenters. The van der Waals surface area contributed by atoms with Gasteiger partial charge in [-0.3, -0.25) is 14.9 Å². The molecule has 0 saturated heterocycles. The van der Waals surface area contributed by atoms with Crippen LogP contribution in [0, 0.1) is 10.1 Å². The summed E-state index contributed by atoms with van der Waals surface area (Å²) in [5.41, 5.74) is -1.07. The zero-order valence-electron chi connectivity index (χ0n) is 16.9. The minimum Gasteiger partial charge on any atom is -0.744 e. The SMILES string of the molecule is Cn1cc([N+](=O)[O-])cc1C(=O)Nc1ccc2c(S(=O)(=O)[O-])cccc2c1S(=O)(=O)[O-].[Na+].[Na+]. The van der Waals surface area contributed by atoms with Gasteiger partial charge in [0.1, 0.15) is 25.9 Å². The molecule has 1 N–H and O–H groups in total. The van der Waals surface area contributed by atoms with E-state index >= 15 is 0 Å². The molecule has 0 saturated carbocycles. The van der Waals surface area contributed by atoms with Crippen molar-refractivity contribution in [2.24, 2.45) is 7.05 Å². The van der Waals surface area contributed by atoms with E-state index in [2.05, 4.69) is 5.32 Å². The van der Waals surface area contributed by atoms with Crippen molar-refractivity contribution in [2.75, 3.05) is 5.32 Å². The predicted octanol–water partition coefficient (Wildman–Crippen LogP) is -4.84. The van der Waals surface area contributed by atoms with Crippen LogP contribution >= 0.6 is 0 Å². The molecule has 3 aromatic rings. The van der Waals surface area contributed by atoms with Crippen molar-refractivity contribution in [3.63, 3.8) is 0 Å². The second-order valence-corrected chi connectivity index (χ2v) is 8.77. The molecule has 12 nitrogen and oxygen atoms in total. The van der Waals surface area contributed by atoms with Crippen LogP contribution in [0.15, 0.2) is 52.4 Å². The Morgan fingerprint density at radius 3 is 2.12 bits per heavy atom. The number of hydrogen-bond donors (Lipinski definition) is 1. The summed E-state index contributed by atoms with van der Waals surface area (Å²) in [7, 11) is -8.88. The number of amides is 1. The van der Waals surface area contributed by atoms with E-state index in [1.165, 1.54) is 7.05 Å². The van der Waals surface area contributed by atoms with Crippen molar-refractivity contribution < 1.29 is 94.8 Å². The first-order valence-electron chi connectivity index (χ1n) is 7.90. The molecule has 0 spiro atoms. The van der Waals surface area contributed by atoms with E-state index in [0.29, 0.717) is 0 Å². The van der Waals surface area contributed by atoms with Gasteiger partial charge in [-0.2, -0.15) is 0 Å². The summed E-state index contributed by atoms with van der Waals surface area (Å²) in [4.78, 5) is 21.0.